The summed E-state index contributed by atoms with van der Waals surface area (Å²) in [6.45, 7) is 2.38. The number of hydrogen-bond donors (Lipinski definition) is 2. The van der Waals surface area contributed by atoms with Crippen molar-refractivity contribution in [3.05, 3.63) is 50.5 Å². The molecular formula is C20H24ClN3O3S. The largest absolute Gasteiger partial charge is 0.396 e. The fourth-order valence-corrected chi connectivity index (χ4v) is 4.44. The number of nitrogens with zero attached hydrogens (tertiary/aromatic N) is 2. The number of anilines is 1. The van der Waals surface area contributed by atoms with Gasteiger partial charge in [-0.3, -0.25) is 9.36 Å². The third kappa shape index (κ3) is 4.77. The number of carbonyl (C=O) groups excluding carboxylic acids is 1. The van der Waals surface area contributed by atoms with Crippen LogP contribution in [0, 0.1) is 6.92 Å². The third-order valence-electron chi connectivity index (χ3n) is 4.87. The van der Waals surface area contributed by atoms with Gasteiger partial charge in [-0.05, 0) is 56.7 Å². The molecule has 1 heterocycles. The standard InChI is InChI=1S/C20H24ClN3O3S/c1-13-15(21)7-4-8-16(13)22-18(26)12-28-19-14-6-2-3-9-17(14)24(10-5-11-25)20(27)23-19/h4,7-8,25H,2-3,5-6,9-12H2,1H3,(H,22,26). The van der Waals surface area contributed by atoms with E-state index < -0.39 is 0 Å². The minimum atomic E-state index is -0.303. The lowest BCUT2D eigenvalue weighted by Gasteiger charge is -2.22. The van der Waals surface area contributed by atoms with Crippen LogP contribution in [0.3, 0.4) is 0 Å². The van der Waals surface area contributed by atoms with Gasteiger partial charge in [-0.15, -0.1) is 0 Å². The van der Waals surface area contributed by atoms with E-state index in [1.807, 2.05) is 13.0 Å². The zero-order chi connectivity index (χ0) is 20.1. The van der Waals surface area contributed by atoms with Gasteiger partial charge in [0.15, 0.2) is 0 Å². The number of aromatic nitrogens is 2. The quantitative estimate of drug-likeness (QED) is 0.529. The van der Waals surface area contributed by atoms with Gasteiger partial charge in [0, 0.05) is 35.1 Å². The average Bonchev–Trinajstić information content (AvgIpc) is 2.69. The number of aliphatic hydroxyl groups excluding tert-OH is 1. The smallest absolute Gasteiger partial charge is 0.348 e. The molecule has 1 aromatic carbocycles. The molecule has 150 valence electrons. The lowest BCUT2D eigenvalue weighted by molar-refractivity contribution is -0.113. The van der Waals surface area contributed by atoms with Crippen LogP contribution >= 0.6 is 23.4 Å². The van der Waals surface area contributed by atoms with Crippen LogP contribution in [0.15, 0.2) is 28.0 Å². The first-order chi connectivity index (χ1) is 13.5. The van der Waals surface area contributed by atoms with E-state index in [0.717, 1.165) is 42.5 Å². The molecule has 1 aromatic heterocycles. The number of rotatable bonds is 7. The lowest BCUT2D eigenvalue weighted by atomic mass is 9.97. The molecule has 0 saturated heterocycles. The molecule has 8 heteroatoms. The number of benzene rings is 1. The molecule has 0 radical (unpaired) electrons. The van der Waals surface area contributed by atoms with Gasteiger partial charge in [0.1, 0.15) is 5.03 Å². The lowest BCUT2D eigenvalue weighted by Crippen LogP contribution is -2.30. The summed E-state index contributed by atoms with van der Waals surface area (Å²) in [4.78, 5) is 29.1. The van der Waals surface area contributed by atoms with Crippen molar-refractivity contribution in [3.63, 3.8) is 0 Å². The molecule has 6 nitrogen and oxygen atoms in total. The van der Waals surface area contributed by atoms with Crippen molar-refractivity contribution < 1.29 is 9.90 Å². The van der Waals surface area contributed by atoms with Crippen molar-refractivity contribution in [2.75, 3.05) is 17.7 Å². The monoisotopic (exact) mass is 421 g/mol. The number of thioether (sulfide) groups is 1. The van der Waals surface area contributed by atoms with Crippen molar-refractivity contribution in [2.24, 2.45) is 0 Å². The van der Waals surface area contributed by atoms with Gasteiger partial charge in [-0.25, -0.2) is 4.79 Å². The van der Waals surface area contributed by atoms with E-state index in [2.05, 4.69) is 10.3 Å². The summed E-state index contributed by atoms with van der Waals surface area (Å²) >= 11 is 7.40. The van der Waals surface area contributed by atoms with Crippen LogP contribution in [0.4, 0.5) is 5.69 Å². The summed E-state index contributed by atoms with van der Waals surface area (Å²) in [7, 11) is 0. The average molecular weight is 422 g/mol. The number of aliphatic hydroxyl groups is 1. The Morgan fingerprint density at radius 3 is 2.93 bits per heavy atom. The van der Waals surface area contributed by atoms with E-state index in [-0.39, 0.29) is 24.0 Å². The molecule has 0 atom stereocenters. The number of halogens is 1. The zero-order valence-electron chi connectivity index (χ0n) is 15.8. The van der Waals surface area contributed by atoms with Gasteiger partial charge >= 0.3 is 5.69 Å². The molecule has 28 heavy (non-hydrogen) atoms. The maximum absolute atomic E-state index is 12.5. The number of hydrogen-bond acceptors (Lipinski definition) is 5. The molecule has 1 aliphatic carbocycles. The summed E-state index contributed by atoms with van der Waals surface area (Å²) in [5.41, 5.74) is 3.29. The van der Waals surface area contributed by atoms with E-state index in [1.54, 1.807) is 16.7 Å². The molecular weight excluding hydrogens is 398 g/mol. The first-order valence-electron chi connectivity index (χ1n) is 9.42. The van der Waals surface area contributed by atoms with Gasteiger partial charge in [-0.2, -0.15) is 4.98 Å². The molecule has 1 aliphatic rings. The predicted octanol–water partition coefficient (Wildman–Crippen LogP) is 3.20. The van der Waals surface area contributed by atoms with Crippen LogP contribution in [0.1, 0.15) is 36.1 Å². The Hall–Kier alpha value is -1.83. The summed E-state index contributed by atoms with van der Waals surface area (Å²) in [6, 6.07) is 5.39. The summed E-state index contributed by atoms with van der Waals surface area (Å²) in [5, 5.41) is 13.2. The first-order valence-corrected chi connectivity index (χ1v) is 10.8. The highest BCUT2D eigenvalue weighted by molar-refractivity contribution is 8.00. The third-order valence-corrected chi connectivity index (χ3v) is 6.30. The predicted molar refractivity (Wildman–Crippen MR) is 112 cm³/mol. The van der Waals surface area contributed by atoms with Crippen molar-refractivity contribution in [1.29, 1.82) is 0 Å². The topological polar surface area (TPSA) is 84.2 Å². The Morgan fingerprint density at radius 1 is 1.36 bits per heavy atom. The van der Waals surface area contributed by atoms with Crippen molar-refractivity contribution >= 4 is 35.0 Å². The van der Waals surface area contributed by atoms with Gasteiger partial charge in [0.25, 0.3) is 0 Å². The van der Waals surface area contributed by atoms with Gasteiger partial charge < -0.3 is 10.4 Å². The van der Waals surface area contributed by atoms with Gasteiger partial charge in [0.05, 0.1) is 5.75 Å². The first kappa shape index (κ1) is 20.9. The number of amides is 1. The highest BCUT2D eigenvalue weighted by atomic mass is 35.5. The molecule has 2 aromatic rings. The van der Waals surface area contributed by atoms with Crippen molar-refractivity contribution in [3.8, 4) is 0 Å². The number of carbonyl (C=O) groups is 1. The molecule has 1 amide bonds. The number of nitrogens with one attached hydrogen (secondary N) is 1. The van der Waals surface area contributed by atoms with E-state index in [4.69, 9.17) is 16.7 Å². The Kier molecular flexibility index (Phi) is 7.15. The normalized spacial score (nSPS) is 13.2. The summed E-state index contributed by atoms with van der Waals surface area (Å²) in [5.74, 6) is 0.0112. The maximum Gasteiger partial charge on any atom is 0.348 e. The molecule has 0 bridgehead atoms. The summed E-state index contributed by atoms with van der Waals surface area (Å²) in [6.07, 6.45) is 4.31. The Balaban J connectivity index is 1.75. The Labute approximate surface area is 173 Å². The molecule has 0 saturated carbocycles. The molecule has 3 rings (SSSR count). The van der Waals surface area contributed by atoms with E-state index in [9.17, 15) is 9.59 Å². The van der Waals surface area contributed by atoms with Crippen LogP contribution < -0.4 is 11.0 Å². The van der Waals surface area contributed by atoms with Crippen LogP contribution in [0.2, 0.25) is 5.02 Å². The summed E-state index contributed by atoms with van der Waals surface area (Å²) < 4.78 is 1.68. The van der Waals surface area contributed by atoms with E-state index in [1.165, 1.54) is 11.8 Å². The van der Waals surface area contributed by atoms with E-state index >= 15 is 0 Å². The molecule has 0 fully saturated rings. The second-order valence-corrected chi connectivity index (χ2v) is 8.18. The molecule has 0 spiro atoms. The van der Waals surface area contributed by atoms with Crippen LogP contribution in [-0.2, 0) is 24.2 Å². The molecule has 0 aliphatic heterocycles. The van der Waals surface area contributed by atoms with Crippen LogP contribution in [-0.4, -0.2) is 32.9 Å². The van der Waals surface area contributed by atoms with Gasteiger partial charge in [0.2, 0.25) is 5.91 Å². The minimum absolute atomic E-state index is 0.0425. The van der Waals surface area contributed by atoms with Gasteiger partial charge in [-0.1, -0.05) is 29.4 Å². The van der Waals surface area contributed by atoms with Crippen LogP contribution in [0.25, 0.3) is 0 Å². The molecule has 0 unspecified atom stereocenters. The SMILES string of the molecule is Cc1c(Cl)cccc1NC(=O)CSc1nc(=O)n(CCCO)c2c1CCCC2. The maximum atomic E-state index is 12.5. The van der Waals surface area contributed by atoms with Crippen molar-refractivity contribution in [2.45, 2.75) is 50.6 Å². The highest BCUT2D eigenvalue weighted by Crippen LogP contribution is 2.29. The zero-order valence-corrected chi connectivity index (χ0v) is 17.4. The fraction of sp³-hybridized carbons (Fsp3) is 0.450. The van der Waals surface area contributed by atoms with Crippen LogP contribution in [0.5, 0.6) is 0 Å². The Morgan fingerprint density at radius 2 is 2.14 bits per heavy atom. The minimum Gasteiger partial charge on any atom is -0.396 e. The fourth-order valence-electron chi connectivity index (χ4n) is 3.39. The highest BCUT2D eigenvalue weighted by Gasteiger charge is 2.21. The number of fused-ring (bicyclic) bond motifs is 1. The van der Waals surface area contributed by atoms with Crippen molar-refractivity contribution in [1.82, 2.24) is 9.55 Å². The second-order valence-electron chi connectivity index (χ2n) is 6.81. The second kappa shape index (κ2) is 9.58. The Bertz CT molecular complexity index is 930. The van der Waals surface area contributed by atoms with E-state index in [0.29, 0.717) is 28.7 Å². The molecule has 2 N–H and O–H groups in total.